The molecule has 10 aromatic rings. The second kappa shape index (κ2) is 36.4. The Morgan fingerprint density at radius 1 is 0.244 bits per heavy atom. The van der Waals surface area contributed by atoms with E-state index in [1.165, 1.54) is 22.3 Å². The summed E-state index contributed by atoms with van der Waals surface area (Å²) in [7, 11) is 0. The third-order valence-electron chi connectivity index (χ3n) is 14.3. The van der Waals surface area contributed by atoms with Crippen molar-refractivity contribution in [1.82, 2.24) is 19.9 Å². The molecule has 12 heteroatoms. The first kappa shape index (κ1) is 75.5. The minimum atomic E-state index is -1.61. The van der Waals surface area contributed by atoms with Crippen LogP contribution in [0.1, 0.15) is 105 Å². The van der Waals surface area contributed by atoms with E-state index in [4.69, 9.17) is 13.1 Å². The molecule has 446 valence electrons. The van der Waals surface area contributed by atoms with E-state index in [2.05, 4.69) is 234 Å². The smallest absolute Gasteiger partial charge is 0.559 e. The van der Waals surface area contributed by atoms with E-state index in [0.717, 1.165) is 32.8 Å². The summed E-state index contributed by atoms with van der Waals surface area (Å²) in [6.07, 6.45) is 11.5. The first-order chi connectivity index (χ1) is 39.2. The van der Waals surface area contributed by atoms with Crippen LogP contribution in [0.3, 0.4) is 0 Å². The molecule has 4 aromatic heterocycles. The summed E-state index contributed by atoms with van der Waals surface area (Å²) < 4.78 is 8.29. The number of pyridine rings is 4. The summed E-state index contributed by atoms with van der Waals surface area (Å²) in [5.74, 6) is 0. The van der Waals surface area contributed by atoms with Gasteiger partial charge in [-0.3, -0.25) is 19.9 Å². The number of benzene rings is 6. The summed E-state index contributed by atoms with van der Waals surface area (Å²) in [6.45, 7) is 42.3. The van der Waals surface area contributed by atoms with Crippen LogP contribution in [-0.2, 0) is 41.1 Å². The topological polar surface area (TPSA) is 155 Å². The Morgan fingerprint density at radius 2 is 0.372 bits per heavy atom. The Hall–Kier alpha value is -8.47. The van der Waals surface area contributed by atoms with E-state index in [0.29, 0.717) is 0 Å². The minimum Gasteiger partial charge on any atom is -0.559 e. The molecule has 4 heterocycles. The zero-order valence-electron chi connectivity index (χ0n) is 52.2. The summed E-state index contributed by atoms with van der Waals surface area (Å²) in [4.78, 5) is 15.8. The van der Waals surface area contributed by atoms with Crippen molar-refractivity contribution in [3.05, 3.63) is 325 Å². The molecule has 0 amide bonds. The molecule has 0 saturated carbocycles. The summed E-state index contributed by atoms with van der Waals surface area (Å²) in [6, 6.07) is 77.1. The molecule has 0 fully saturated rings. The molecular weight excluding hydrogens is 1140 g/mol. The predicted octanol–water partition coefficient (Wildman–Crippen LogP) is 12.2. The third kappa shape index (κ3) is 22.2. The van der Waals surface area contributed by atoms with Crippen LogP contribution in [0.15, 0.2) is 280 Å². The Kier molecular flexibility index (Phi) is 32.0. The van der Waals surface area contributed by atoms with Crippen LogP contribution in [0.25, 0.3) is 9.51 Å². The molecule has 6 N–H and O–H groups in total. The van der Waals surface area contributed by atoms with Gasteiger partial charge in [-0.05, 0) is 92.4 Å². The molecule has 0 spiro atoms. The Labute approximate surface area is 527 Å². The van der Waals surface area contributed by atoms with E-state index in [9.17, 15) is 0 Å². The van der Waals surface area contributed by atoms with Gasteiger partial charge in [0.05, 0.1) is 0 Å². The number of rotatable bonds is 6. The largest absolute Gasteiger partial charge is 2.00 e. The molecule has 9 nitrogen and oxygen atoms in total. The zero-order chi connectivity index (χ0) is 59.5. The van der Waals surface area contributed by atoms with Gasteiger partial charge in [-0.1, -0.05) is 265 Å². The first-order valence-electron chi connectivity index (χ1n) is 28.2. The van der Waals surface area contributed by atoms with Gasteiger partial charge in [0.25, 0.3) is 0 Å². The van der Waals surface area contributed by atoms with Gasteiger partial charge in [-0.25, -0.2) is 0 Å². The van der Waals surface area contributed by atoms with E-state index in [1.807, 2.05) is 159 Å². The van der Waals surface area contributed by atoms with Crippen molar-refractivity contribution < 1.29 is 35.9 Å². The first-order valence-corrected chi connectivity index (χ1v) is 28.2. The molecule has 0 unspecified atom stereocenters. The normalized spacial score (nSPS) is 10.6. The molecule has 6 aromatic carbocycles. The van der Waals surface area contributed by atoms with Crippen molar-refractivity contribution in [2.45, 2.75) is 105 Å². The second-order valence-electron chi connectivity index (χ2n) is 24.3. The van der Waals surface area contributed by atoms with Crippen molar-refractivity contribution in [3.63, 3.8) is 0 Å². The van der Waals surface area contributed by atoms with Crippen molar-refractivity contribution in [2.75, 3.05) is 0 Å². The maximum Gasteiger partial charge on any atom is 2.00 e. The number of aromatic nitrogens is 4. The minimum absolute atomic E-state index is 0. The average molecular weight is 1230 g/mol. The molecule has 0 aliphatic rings. The van der Waals surface area contributed by atoms with Crippen LogP contribution in [0.2, 0.25) is 0 Å². The molecule has 0 bridgehead atoms. The summed E-state index contributed by atoms with van der Waals surface area (Å²) >= 11 is 0. The fourth-order valence-electron chi connectivity index (χ4n) is 9.40. The van der Waals surface area contributed by atoms with Crippen molar-refractivity contribution in [3.8, 4) is 0 Å². The Bertz CT molecular complexity index is 2910. The molecule has 0 aliphatic carbocycles. The zero-order valence-corrected chi connectivity index (χ0v) is 54.0. The van der Waals surface area contributed by atoms with Crippen LogP contribution in [0.5, 0.6) is 0 Å². The summed E-state index contributed by atoms with van der Waals surface area (Å²) in [5, 5.41) is 0. The molecule has 0 atom stereocenters. The fourth-order valence-corrected chi connectivity index (χ4v) is 9.40. The van der Waals surface area contributed by atoms with Crippen molar-refractivity contribution >= 4 is 45.3 Å². The van der Waals surface area contributed by atoms with Gasteiger partial charge < -0.3 is 39.1 Å². The average Bonchev–Trinajstić information content (AvgIpc) is 1.29. The standard InChI is InChI=1S/2C19H15BN.4C9H13N.3H2O.Ru/c2*1-21-20(17-11-5-2-6-12-17,18-13-7-3-8-14-18)19-15-9-4-10-16-19;4*1-9(2,3)8-4-6-10-7-5-8;;;;/h2*2-16H;4*4-7H,1-3H3;3*1H2;/q2*-1;;;;;;;;+2. The van der Waals surface area contributed by atoms with Crippen molar-refractivity contribution in [1.29, 1.82) is 0 Å². The van der Waals surface area contributed by atoms with Gasteiger partial charge in [0, 0.05) is 49.6 Å². The molecule has 86 heavy (non-hydrogen) atoms. The van der Waals surface area contributed by atoms with E-state index in [1.54, 1.807) is 0 Å². The maximum absolute atomic E-state index is 7.97. The monoisotopic (exact) mass is 1230 g/mol. The van der Waals surface area contributed by atoms with Gasteiger partial charge in [0.1, 0.15) is 0 Å². The number of hydrogen-bond acceptors (Lipinski definition) is 4. The Morgan fingerprint density at radius 3 is 0.465 bits per heavy atom. The molecule has 10 rings (SSSR count). The van der Waals surface area contributed by atoms with E-state index >= 15 is 0 Å². The molecule has 0 radical (unpaired) electrons. The molecular formula is C74H88B2N6O3Ru. The van der Waals surface area contributed by atoms with Crippen LogP contribution in [0, 0.1) is 13.1 Å². The molecule has 0 aliphatic heterocycles. The third-order valence-corrected chi connectivity index (χ3v) is 14.3. The van der Waals surface area contributed by atoms with Gasteiger partial charge in [-0.2, -0.15) is 0 Å². The van der Waals surface area contributed by atoms with Gasteiger partial charge >= 0.3 is 32.0 Å². The second-order valence-corrected chi connectivity index (χ2v) is 24.3. The quantitative estimate of drug-likeness (QED) is 0.120. The predicted molar refractivity (Wildman–Crippen MR) is 364 cm³/mol. The van der Waals surface area contributed by atoms with E-state index < -0.39 is 12.6 Å². The Balaban J connectivity index is 0.000000531. The number of hydrogen-bond donors (Lipinski definition) is 0. The van der Waals surface area contributed by atoms with E-state index in [-0.39, 0.29) is 57.6 Å². The maximum atomic E-state index is 7.97. The molecule has 0 saturated heterocycles. The SMILES string of the molecule is CC(C)(C)c1ccncc1.CC(C)(C)c1ccncc1.CC(C)(C)c1ccncc1.CC(C)(C)c1ccncc1.O.O.O.[C-]#[N+][B-](c1ccccc1)(c1ccccc1)c1ccccc1.[C-]#[N+][B-](c1ccccc1)(c1ccccc1)c1ccccc1.[Ru+2]. The van der Waals surface area contributed by atoms with Gasteiger partial charge in [0.2, 0.25) is 0 Å². The van der Waals surface area contributed by atoms with Gasteiger partial charge in [0.15, 0.2) is 0 Å². The number of nitrogens with zero attached hydrogens (tertiary/aromatic N) is 6. The van der Waals surface area contributed by atoms with Crippen LogP contribution < -0.4 is 32.8 Å². The summed E-state index contributed by atoms with van der Waals surface area (Å²) in [5.41, 5.74) is 12.7. The van der Waals surface area contributed by atoms with Gasteiger partial charge in [-0.15, -0.1) is 32.8 Å². The van der Waals surface area contributed by atoms with Crippen LogP contribution >= 0.6 is 0 Å². The van der Waals surface area contributed by atoms with Crippen LogP contribution in [-0.4, -0.2) is 48.9 Å². The van der Waals surface area contributed by atoms with Crippen LogP contribution in [0.4, 0.5) is 0 Å². The van der Waals surface area contributed by atoms with Crippen molar-refractivity contribution in [2.24, 2.45) is 0 Å². The fraction of sp³-hybridized carbons (Fsp3) is 0.216.